The first-order valence-corrected chi connectivity index (χ1v) is 7.89. The van der Waals surface area contributed by atoms with E-state index in [1.165, 1.54) is 18.5 Å². The summed E-state index contributed by atoms with van der Waals surface area (Å²) in [5.74, 6) is -2.57. The molecule has 7 nitrogen and oxygen atoms in total. The molecule has 140 valence electrons. The highest BCUT2D eigenvalue weighted by Gasteiger charge is 2.15. The normalized spacial score (nSPS) is 11.8. The maximum atomic E-state index is 13.4. The van der Waals surface area contributed by atoms with Crippen LogP contribution in [0.25, 0.3) is 10.9 Å². The largest absolute Gasteiger partial charge is 0.348 e. The summed E-state index contributed by atoms with van der Waals surface area (Å²) in [7, 11) is 0. The molecule has 0 fully saturated rings. The number of H-pyrrole nitrogens is 1. The number of nitrogens with zero attached hydrogens (tertiary/aromatic N) is 3. The fraction of sp³-hybridized carbons (Fsp3) is 0.167. The molecule has 2 heterocycles. The van der Waals surface area contributed by atoms with E-state index in [9.17, 15) is 18.4 Å². The molecular weight excluding hydrogens is 356 g/mol. The number of halogens is 2. The fourth-order valence-corrected chi connectivity index (χ4v) is 2.54. The van der Waals surface area contributed by atoms with E-state index < -0.39 is 29.1 Å². The minimum absolute atomic E-state index is 0. The minimum atomic E-state index is -1.07. The lowest BCUT2D eigenvalue weighted by Gasteiger charge is -2.13. The number of benzene rings is 1. The third kappa shape index (κ3) is 3.95. The van der Waals surface area contributed by atoms with Gasteiger partial charge in [-0.2, -0.15) is 5.26 Å². The number of hydrogen-bond donors (Lipinski definition) is 2. The minimum Gasteiger partial charge on any atom is -0.348 e. The average molecular weight is 373 g/mol. The van der Waals surface area contributed by atoms with Crippen LogP contribution in [0.4, 0.5) is 8.78 Å². The van der Waals surface area contributed by atoms with Crippen LogP contribution in [-0.2, 0) is 11.2 Å². The summed E-state index contributed by atoms with van der Waals surface area (Å²) in [4.78, 5) is 34.7. The van der Waals surface area contributed by atoms with Gasteiger partial charge in [-0.25, -0.2) is 13.8 Å². The lowest BCUT2D eigenvalue weighted by atomic mass is 10.1. The molecule has 1 amide bonds. The molecule has 0 aliphatic heterocycles. The first-order valence-electron chi connectivity index (χ1n) is 7.89. The summed E-state index contributed by atoms with van der Waals surface area (Å²) in [6.45, 7) is 1.68. The SMILES string of the molecule is C[C@@H](NC(=O)Cc1cc2cc(F)c(F)cc2[nH]c1=O)c1cnc(C#N)cn1.[HH].[HH]. The molecule has 27 heavy (non-hydrogen) atoms. The van der Waals surface area contributed by atoms with Crippen LogP contribution in [0.3, 0.4) is 0 Å². The van der Waals surface area contributed by atoms with E-state index in [1.54, 1.807) is 6.92 Å². The Bertz CT molecular complexity index is 1130. The molecule has 2 N–H and O–H groups in total. The zero-order valence-electron chi connectivity index (χ0n) is 14.1. The first-order chi connectivity index (χ1) is 12.9. The number of aromatic nitrogens is 3. The van der Waals surface area contributed by atoms with Gasteiger partial charge < -0.3 is 10.3 Å². The maximum absolute atomic E-state index is 13.4. The molecule has 0 saturated heterocycles. The average Bonchev–Trinajstić information content (AvgIpc) is 2.64. The van der Waals surface area contributed by atoms with Gasteiger partial charge in [-0.3, -0.25) is 14.6 Å². The zero-order valence-corrected chi connectivity index (χ0v) is 14.1. The predicted molar refractivity (Wildman–Crippen MR) is 95.7 cm³/mol. The van der Waals surface area contributed by atoms with Crippen LogP contribution in [0.5, 0.6) is 0 Å². The Morgan fingerprint density at radius 2 is 2.04 bits per heavy atom. The van der Waals surface area contributed by atoms with Crippen molar-refractivity contribution in [2.24, 2.45) is 0 Å². The zero-order chi connectivity index (χ0) is 19.6. The third-order valence-corrected chi connectivity index (χ3v) is 3.92. The van der Waals surface area contributed by atoms with Crippen molar-refractivity contribution in [3.8, 4) is 6.07 Å². The molecule has 0 unspecified atom stereocenters. The Hall–Kier alpha value is -3.67. The summed E-state index contributed by atoms with van der Waals surface area (Å²) in [6.07, 6.45) is 2.42. The quantitative estimate of drug-likeness (QED) is 0.729. The second-order valence-corrected chi connectivity index (χ2v) is 5.88. The summed E-state index contributed by atoms with van der Waals surface area (Å²) in [5.41, 5.74) is 0.304. The highest BCUT2D eigenvalue weighted by Crippen LogP contribution is 2.16. The number of nitrogens with one attached hydrogen (secondary N) is 2. The number of carbonyl (C=O) groups is 1. The first kappa shape index (κ1) is 18.1. The van der Waals surface area contributed by atoms with Crippen molar-refractivity contribution in [2.75, 3.05) is 0 Å². The van der Waals surface area contributed by atoms with Gasteiger partial charge in [0.05, 0.1) is 36.1 Å². The number of hydrogen-bond acceptors (Lipinski definition) is 5. The van der Waals surface area contributed by atoms with Crippen molar-refractivity contribution in [2.45, 2.75) is 19.4 Å². The summed E-state index contributed by atoms with van der Waals surface area (Å²) in [6, 6.07) is 4.54. The number of fused-ring (bicyclic) bond motifs is 1. The van der Waals surface area contributed by atoms with Crippen molar-refractivity contribution in [1.82, 2.24) is 20.3 Å². The van der Waals surface area contributed by atoms with E-state index in [0.29, 0.717) is 5.69 Å². The standard InChI is InChI=1S/C18H13F2N5O2.2H2/c1-9(16-8-22-12(6-21)7-23-16)24-17(26)4-11-2-10-3-13(19)14(20)5-15(10)25-18(11)27;;/h2-3,5,7-9H,4H2,1H3,(H,24,26)(H,25,27);2*1H/t9-;;/m1../s1. The van der Waals surface area contributed by atoms with Crippen LogP contribution in [0.1, 0.15) is 32.8 Å². The van der Waals surface area contributed by atoms with E-state index in [4.69, 9.17) is 5.26 Å². The second kappa shape index (κ2) is 7.29. The van der Waals surface area contributed by atoms with Crippen molar-refractivity contribution >= 4 is 16.8 Å². The van der Waals surface area contributed by atoms with Crippen LogP contribution in [0.15, 0.2) is 35.4 Å². The van der Waals surface area contributed by atoms with E-state index >= 15 is 0 Å². The topological polar surface area (TPSA) is 112 Å². The van der Waals surface area contributed by atoms with Gasteiger partial charge in [0.2, 0.25) is 5.91 Å². The Balaban J connectivity index is 0.00000210. The van der Waals surface area contributed by atoms with Gasteiger partial charge in [-0.05, 0) is 19.1 Å². The van der Waals surface area contributed by atoms with Crippen LogP contribution in [-0.4, -0.2) is 20.9 Å². The second-order valence-electron chi connectivity index (χ2n) is 5.88. The smallest absolute Gasteiger partial charge is 0.252 e. The van der Waals surface area contributed by atoms with Gasteiger partial charge >= 0.3 is 0 Å². The number of carbonyl (C=O) groups excluding carboxylic acids is 1. The van der Waals surface area contributed by atoms with Gasteiger partial charge in [-0.15, -0.1) is 0 Å². The molecule has 1 aromatic carbocycles. The molecule has 1 atom stereocenters. The number of amides is 1. The van der Waals surface area contributed by atoms with Crippen LogP contribution < -0.4 is 10.9 Å². The van der Waals surface area contributed by atoms with Gasteiger partial charge in [0, 0.05) is 19.9 Å². The molecule has 3 aromatic rings. The molecule has 2 aromatic heterocycles. The molecule has 9 heteroatoms. The highest BCUT2D eigenvalue weighted by atomic mass is 19.2. The van der Waals surface area contributed by atoms with Crippen molar-refractivity contribution in [1.29, 1.82) is 5.26 Å². The van der Waals surface area contributed by atoms with E-state index in [2.05, 4.69) is 20.3 Å². The van der Waals surface area contributed by atoms with Crippen molar-refractivity contribution < 1.29 is 16.4 Å². The molecule has 0 aliphatic rings. The van der Waals surface area contributed by atoms with E-state index in [-0.39, 0.29) is 31.4 Å². The lowest BCUT2D eigenvalue weighted by molar-refractivity contribution is -0.121. The van der Waals surface area contributed by atoms with Crippen molar-refractivity contribution in [3.63, 3.8) is 0 Å². The number of aromatic amines is 1. The van der Waals surface area contributed by atoms with Crippen molar-refractivity contribution in [3.05, 3.63) is 69.5 Å². The lowest BCUT2D eigenvalue weighted by Crippen LogP contribution is -2.30. The highest BCUT2D eigenvalue weighted by molar-refractivity contribution is 5.83. The maximum Gasteiger partial charge on any atom is 0.252 e. The summed E-state index contributed by atoms with van der Waals surface area (Å²) in [5, 5.41) is 11.7. The predicted octanol–water partition coefficient (Wildman–Crippen LogP) is 2.38. The van der Waals surface area contributed by atoms with E-state index in [0.717, 1.165) is 12.1 Å². The van der Waals surface area contributed by atoms with Crippen LogP contribution in [0, 0.1) is 23.0 Å². The Morgan fingerprint density at radius 1 is 1.30 bits per heavy atom. The molecule has 0 radical (unpaired) electrons. The molecule has 0 aliphatic carbocycles. The fourth-order valence-electron chi connectivity index (χ4n) is 2.54. The van der Waals surface area contributed by atoms with Gasteiger partial charge in [0.15, 0.2) is 17.3 Å². The van der Waals surface area contributed by atoms with Gasteiger partial charge in [-0.1, -0.05) is 0 Å². The molecular formula is C18H17F2N5O2. The Morgan fingerprint density at radius 3 is 2.70 bits per heavy atom. The number of pyridine rings is 1. The monoisotopic (exact) mass is 373 g/mol. The Kier molecular flexibility index (Phi) is 4.90. The molecule has 0 spiro atoms. The Labute approximate surface area is 154 Å². The number of rotatable bonds is 4. The van der Waals surface area contributed by atoms with Gasteiger partial charge in [0.25, 0.3) is 5.56 Å². The summed E-state index contributed by atoms with van der Waals surface area (Å²) < 4.78 is 26.6. The summed E-state index contributed by atoms with van der Waals surface area (Å²) >= 11 is 0. The number of nitriles is 1. The van der Waals surface area contributed by atoms with Crippen LogP contribution >= 0.6 is 0 Å². The third-order valence-electron chi connectivity index (χ3n) is 3.92. The molecule has 0 saturated carbocycles. The van der Waals surface area contributed by atoms with E-state index in [1.807, 2.05) is 6.07 Å². The molecule has 3 rings (SSSR count). The van der Waals surface area contributed by atoms with Crippen LogP contribution in [0.2, 0.25) is 0 Å². The van der Waals surface area contributed by atoms with Gasteiger partial charge in [0.1, 0.15) is 6.07 Å². The molecule has 0 bridgehead atoms.